The number of hydrogen-bond donors (Lipinski definition) is 0. The molecule has 0 aromatic carbocycles. The van der Waals surface area contributed by atoms with Crippen LogP contribution in [0, 0.1) is 28.6 Å². The third-order valence-corrected chi connectivity index (χ3v) is 9.25. The minimum Gasteiger partial charge on any atom is -0.347 e. The molecular weight excluding hydrogens is 352 g/mol. The lowest BCUT2D eigenvalue weighted by Gasteiger charge is -2.61. The number of hydrogen-bond acceptors (Lipinski definition) is 4. The van der Waals surface area contributed by atoms with Crippen LogP contribution in [0.3, 0.4) is 0 Å². The Bertz CT molecular complexity index is 551. The molecule has 162 valence electrons. The van der Waals surface area contributed by atoms with Crippen LogP contribution in [0.2, 0.25) is 0 Å². The molecule has 2 aliphatic heterocycles. The summed E-state index contributed by atoms with van der Waals surface area (Å²) in [5, 5.41) is 0. The van der Waals surface area contributed by atoms with Crippen molar-refractivity contribution in [1.82, 2.24) is 0 Å². The van der Waals surface area contributed by atoms with Gasteiger partial charge in [0.2, 0.25) is 0 Å². The van der Waals surface area contributed by atoms with Crippen LogP contribution < -0.4 is 0 Å². The quantitative estimate of drug-likeness (QED) is 0.616. The van der Waals surface area contributed by atoms with Gasteiger partial charge >= 0.3 is 0 Å². The second-order valence-corrected chi connectivity index (χ2v) is 9.98. The fourth-order valence-corrected chi connectivity index (χ4v) is 8.12. The second kappa shape index (κ2) is 7.51. The molecule has 0 amide bonds. The van der Waals surface area contributed by atoms with Gasteiger partial charge in [0.05, 0.1) is 26.4 Å². The van der Waals surface area contributed by atoms with Gasteiger partial charge in [0.15, 0.2) is 11.6 Å². The first-order valence-electron chi connectivity index (χ1n) is 12.1. The molecule has 0 N–H and O–H groups in total. The fourth-order valence-electron chi connectivity index (χ4n) is 8.12. The summed E-state index contributed by atoms with van der Waals surface area (Å²) in [6, 6.07) is 0. The van der Waals surface area contributed by atoms with Crippen LogP contribution in [0.25, 0.3) is 0 Å². The van der Waals surface area contributed by atoms with E-state index in [1.807, 2.05) is 13.8 Å². The van der Waals surface area contributed by atoms with Crippen molar-refractivity contribution in [2.75, 3.05) is 26.4 Å². The summed E-state index contributed by atoms with van der Waals surface area (Å²) in [7, 11) is 0. The third-order valence-electron chi connectivity index (χ3n) is 9.25. The molecule has 0 bridgehead atoms. The molecule has 28 heavy (non-hydrogen) atoms. The van der Waals surface area contributed by atoms with Gasteiger partial charge < -0.3 is 18.9 Å². The Balaban J connectivity index is 0.000000932. The number of rotatable bonds is 2. The van der Waals surface area contributed by atoms with E-state index in [4.69, 9.17) is 18.9 Å². The number of ether oxygens (including phenoxy) is 4. The highest BCUT2D eigenvalue weighted by Gasteiger charge is 2.69. The van der Waals surface area contributed by atoms with E-state index in [1.54, 1.807) is 0 Å². The molecule has 5 unspecified atom stereocenters. The lowest BCUT2D eigenvalue weighted by atomic mass is 9.47. The molecule has 3 saturated carbocycles. The molecule has 2 heterocycles. The average molecular weight is 395 g/mol. The van der Waals surface area contributed by atoms with Crippen molar-refractivity contribution < 1.29 is 18.9 Å². The maximum Gasteiger partial charge on any atom is 0.174 e. The molecule has 4 heteroatoms. The first-order chi connectivity index (χ1) is 13.5. The van der Waals surface area contributed by atoms with Crippen molar-refractivity contribution in [2.45, 2.75) is 97.6 Å². The van der Waals surface area contributed by atoms with Crippen LogP contribution in [0.1, 0.15) is 86.0 Å². The van der Waals surface area contributed by atoms with Crippen LogP contribution in [0.5, 0.6) is 0 Å². The maximum atomic E-state index is 6.36. The maximum absolute atomic E-state index is 6.36. The van der Waals surface area contributed by atoms with Crippen LogP contribution in [-0.2, 0) is 18.9 Å². The van der Waals surface area contributed by atoms with Gasteiger partial charge in [-0.15, -0.1) is 0 Å². The Hall–Kier alpha value is -0.160. The Labute approximate surface area is 172 Å². The van der Waals surface area contributed by atoms with Crippen LogP contribution in [-0.4, -0.2) is 38.0 Å². The molecule has 2 saturated heterocycles. The van der Waals surface area contributed by atoms with Gasteiger partial charge in [-0.25, -0.2) is 0 Å². The van der Waals surface area contributed by atoms with Crippen molar-refractivity contribution in [3.8, 4) is 0 Å². The molecule has 0 aromatic heterocycles. The Morgan fingerprint density at radius 2 is 1.25 bits per heavy atom. The van der Waals surface area contributed by atoms with E-state index in [0.717, 1.165) is 45.2 Å². The average Bonchev–Trinajstić information content (AvgIpc) is 3.43. The second-order valence-electron chi connectivity index (χ2n) is 9.98. The summed E-state index contributed by atoms with van der Waals surface area (Å²) in [5.74, 6) is 1.56. The molecule has 0 aromatic rings. The Kier molecular flexibility index (Phi) is 5.66. The molecular formula is C24H42O4. The van der Waals surface area contributed by atoms with Crippen molar-refractivity contribution in [1.29, 1.82) is 0 Å². The van der Waals surface area contributed by atoms with E-state index in [-0.39, 0.29) is 22.4 Å². The molecule has 5 atom stereocenters. The SMILES string of the molecule is CC.CCCC1(C)C2CCC3(C)C(CCC34OCCO4)C2CCC12OCCO2. The van der Waals surface area contributed by atoms with Crippen molar-refractivity contribution in [3.63, 3.8) is 0 Å². The van der Waals surface area contributed by atoms with Gasteiger partial charge in [-0.2, -0.15) is 0 Å². The van der Waals surface area contributed by atoms with Gasteiger partial charge in [0.1, 0.15) is 0 Å². The van der Waals surface area contributed by atoms with E-state index in [9.17, 15) is 0 Å². The summed E-state index contributed by atoms with van der Waals surface area (Å²) in [6.07, 6.45) is 9.52. The van der Waals surface area contributed by atoms with Crippen molar-refractivity contribution >= 4 is 0 Å². The zero-order valence-electron chi connectivity index (χ0n) is 18.9. The zero-order chi connectivity index (χ0) is 20.0. The van der Waals surface area contributed by atoms with Crippen LogP contribution in [0.4, 0.5) is 0 Å². The molecule has 4 nitrogen and oxygen atoms in total. The summed E-state index contributed by atoms with van der Waals surface area (Å²) in [4.78, 5) is 0. The first kappa shape index (κ1) is 21.1. The Morgan fingerprint density at radius 3 is 1.86 bits per heavy atom. The number of fused-ring (bicyclic) bond motifs is 4. The molecule has 5 rings (SSSR count). The van der Waals surface area contributed by atoms with Gasteiger partial charge in [-0.05, 0) is 49.9 Å². The zero-order valence-corrected chi connectivity index (χ0v) is 18.9. The predicted octanol–water partition coefficient (Wildman–Crippen LogP) is 5.54. The van der Waals surface area contributed by atoms with Gasteiger partial charge in [-0.3, -0.25) is 0 Å². The fraction of sp³-hybridized carbons (Fsp3) is 1.00. The highest BCUT2D eigenvalue weighted by atomic mass is 16.7. The lowest BCUT2D eigenvalue weighted by molar-refractivity contribution is -0.302. The minimum atomic E-state index is -0.325. The first-order valence-corrected chi connectivity index (χ1v) is 12.1. The monoisotopic (exact) mass is 394 g/mol. The van der Waals surface area contributed by atoms with E-state index in [1.165, 1.54) is 38.5 Å². The molecule has 0 radical (unpaired) electrons. The molecule has 2 spiro atoms. The lowest BCUT2D eigenvalue weighted by Crippen LogP contribution is -2.62. The van der Waals surface area contributed by atoms with E-state index < -0.39 is 0 Å². The minimum absolute atomic E-state index is 0.135. The standard InChI is InChI=1S/C22H36O4.C2H6/c1-4-8-19(2)17-6-9-20(3)18(7-11-22(20)25-14-15-26-22)16(17)5-10-21(19)23-12-13-24-21;1-2/h16-18H,4-15H2,1-3H3;1-2H3. The van der Waals surface area contributed by atoms with Gasteiger partial charge in [0, 0.05) is 23.7 Å². The van der Waals surface area contributed by atoms with Crippen molar-refractivity contribution in [2.24, 2.45) is 28.6 Å². The Morgan fingerprint density at radius 1 is 0.714 bits per heavy atom. The van der Waals surface area contributed by atoms with E-state index in [2.05, 4.69) is 20.8 Å². The summed E-state index contributed by atoms with van der Waals surface area (Å²) < 4.78 is 25.3. The molecule has 5 aliphatic rings. The normalized spacial score (nSPS) is 45.5. The molecule has 5 fully saturated rings. The molecule has 3 aliphatic carbocycles. The van der Waals surface area contributed by atoms with Gasteiger partial charge in [0.25, 0.3) is 0 Å². The highest BCUT2D eigenvalue weighted by molar-refractivity contribution is 5.14. The third kappa shape index (κ3) is 2.63. The van der Waals surface area contributed by atoms with E-state index in [0.29, 0.717) is 11.8 Å². The van der Waals surface area contributed by atoms with Crippen LogP contribution in [0.15, 0.2) is 0 Å². The largest absolute Gasteiger partial charge is 0.347 e. The smallest absolute Gasteiger partial charge is 0.174 e. The van der Waals surface area contributed by atoms with E-state index >= 15 is 0 Å². The van der Waals surface area contributed by atoms with Crippen molar-refractivity contribution in [3.05, 3.63) is 0 Å². The summed E-state index contributed by atoms with van der Waals surface area (Å²) >= 11 is 0. The topological polar surface area (TPSA) is 36.9 Å². The van der Waals surface area contributed by atoms with Crippen LogP contribution >= 0.6 is 0 Å². The highest BCUT2D eigenvalue weighted by Crippen LogP contribution is 2.69. The van der Waals surface area contributed by atoms with Gasteiger partial charge in [-0.1, -0.05) is 41.0 Å². The summed E-state index contributed by atoms with van der Waals surface area (Å²) in [5.41, 5.74) is 0.315. The summed E-state index contributed by atoms with van der Waals surface area (Å²) in [6.45, 7) is 14.3. The predicted molar refractivity (Wildman–Crippen MR) is 110 cm³/mol.